The molecule has 0 unspecified atom stereocenters. The monoisotopic (exact) mass is 669 g/mol. The molecule has 9 aromatic rings. The summed E-state index contributed by atoms with van der Waals surface area (Å²) in [5.41, 5.74) is 10.7. The lowest BCUT2D eigenvalue weighted by atomic mass is 9.90. The van der Waals surface area contributed by atoms with E-state index >= 15 is 0 Å². The van der Waals surface area contributed by atoms with Crippen molar-refractivity contribution in [2.75, 3.05) is 4.90 Å². The van der Waals surface area contributed by atoms with Crippen LogP contribution in [0.3, 0.4) is 0 Å². The van der Waals surface area contributed by atoms with Gasteiger partial charge in [-0.25, -0.2) is 9.97 Å². The summed E-state index contributed by atoms with van der Waals surface area (Å²) in [6.07, 6.45) is 0. The Labute approximate surface area is 298 Å². The Morgan fingerprint density at radius 2 is 1.18 bits per heavy atom. The van der Waals surface area contributed by atoms with E-state index in [0.29, 0.717) is 0 Å². The lowest BCUT2D eigenvalue weighted by molar-refractivity contribution is 0.462. The number of nitrogens with zero attached hydrogens (tertiary/aromatic N) is 3. The number of aromatic nitrogens is 2. The van der Waals surface area contributed by atoms with E-state index in [1.807, 2.05) is 30.3 Å². The first-order valence-corrected chi connectivity index (χ1v) is 17.9. The van der Waals surface area contributed by atoms with E-state index < -0.39 is 0 Å². The normalized spacial score (nSPS) is 12.7. The molecule has 0 aliphatic carbocycles. The van der Waals surface area contributed by atoms with Gasteiger partial charge in [-0.05, 0) is 76.3 Å². The Morgan fingerprint density at radius 3 is 2.00 bits per heavy atom. The highest BCUT2D eigenvalue weighted by atomic mass is 32.2. The maximum Gasteiger partial charge on any atom is 0.165 e. The summed E-state index contributed by atoms with van der Waals surface area (Å²) in [5, 5.41) is 4.70. The Morgan fingerprint density at radius 1 is 0.471 bits per heavy atom. The van der Waals surface area contributed by atoms with Gasteiger partial charge in [0.25, 0.3) is 0 Å². The Bertz CT molecular complexity index is 2870. The Balaban J connectivity index is 1.29. The number of rotatable bonds is 3. The first-order chi connectivity index (χ1) is 25.3. The fourth-order valence-corrected chi connectivity index (χ4v) is 8.70. The van der Waals surface area contributed by atoms with Crippen LogP contribution in [0.25, 0.3) is 66.2 Å². The van der Waals surface area contributed by atoms with Gasteiger partial charge in [0, 0.05) is 27.8 Å². The SMILES string of the molecule is c1ccc(-c2nc3ccccc3nc2-c2ccc3c(c2)N(c2ccccc2)c2cccc4c2Oc2c(ccc5c2c-3cc2ccccc25)S4)cc1. The van der Waals surface area contributed by atoms with Gasteiger partial charge in [0.2, 0.25) is 0 Å². The summed E-state index contributed by atoms with van der Waals surface area (Å²) in [6, 6.07) is 57.8. The molecule has 8 aromatic carbocycles. The standard InChI is InChI=1S/C46H27N3OS/c1-3-12-28(13-4-1)43-44(48-37-19-10-9-18-36(37)47-43)30-22-23-33-35-26-29-14-7-8-17-32(29)34-24-25-41-46(42(34)35)50-45-38(20-11-21-40(45)51-41)49(39(33)27-30)31-15-5-2-6-16-31/h1-27H. The number of hydrogen-bond donors (Lipinski definition) is 0. The number of fused-ring (bicyclic) bond motifs is 5. The van der Waals surface area contributed by atoms with Crippen molar-refractivity contribution in [2.45, 2.75) is 9.79 Å². The van der Waals surface area contributed by atoms with Crippen LogP contribution >= 0.6 is 11.8 Å². The van der Waals surface area contributed by atoms with Crippen LogP contribution in [0.2, 0.25) is 0 Å². The number of hydrogen-bond acceptors (Lipinski definition) is 5. The van der Waals surface area contributed by atoms with Gasteiger partial charge in [0.15, 0.2) is 5.75 Å². The second-order valence-corrected chi connectivity index (χ2v) is 14.0. The zero-order chi connectivity index (χ0) is 33.5. The van der Waals surface area contributed by atoms with Crippen molar-refractivity contribution in [3.8, 4) is 45.1 Å². The fourth-order valence-electron chi connectivity index (χ4n) is 7.70. The molecule has 0 fully saturated rings. The minimum Gasteiger partial charge on any atom is -0.452 e. The van der Waals surface area contributed by atoms with E-state index in [0.717, 1.165) is 88.4 Å². The van der Waals surface area contributed by atoms with Crippen LogP contribution in [0.1, 0.15) is 0 Å². The molecule has 0 saturated heterocycles. The highest BCUT2D eigenvalue weighted by Crippen LogP contribution is 2.59. The van der Waals surface area contributed by atoms with Crippen molar-refractivity contribution >= 4 is 61.4 Å². The second kappa shape index (κ2) is 11.0. The van der Waals surface area contributed by atoms with Crippen molar-refractivity contribution in [1.82, 2.24) is 9.97 Å². The summed E-state index contributed by atoms with van der Waals surface area (Å²) < 4.78 is 7.12. The number of anilines is 3. The molecule has 3 heterocycles. The molecule has 0 saturated carbocycles. The zero-order valence-electron chi connectivity index (χ0n) is 27.2. The summed E-state index contributed by atoms with van der Waals surface area (Å²) in [6.45, 7) is 0. The van der Waals surface area contributed by atoms with Gasteiger partial charge in [0.05, 0.1) is 43.6 Å². The van der Waals surface area contributed by atoms with Crippen LogP contribution in [0.4, 0.5) is 17.1 Å². The van der Waals surface area contributed by atoms with Gasteiger partial charge in [0.1, 0.15) is 5.75 Å². The molecular weight excluding hydrogens is 643 g/mol. The van der Waals surface area contributed by atoms with Crippen LogP contribution < -0.4 is 9.64 Å². The predicted octanol–water partition coefficient (Wildman–Crippen LogP) is 13.0. The quantitative estimate of drug-likeness (QED) is 0.175. The minimum atomic E-state index is 0.840. The van der Waals surface area contributed by atoms with E-state index in [1.165, 1.54) is 16.2 Å². The summed E-state index contributed by atoms with van der Waals surface area (Å²) in [5.74, 6) is 1.77. The molecule has 5 heteroatoms. The van der Waals surface area contributed by atoms with E-state index in [2.05, 4.69) is 138 Å². The van der Waals surface area contributed by atoms with Gasteiger partial charge in [-0.3, -0.25) is 0 Å². The van der Waals surface area contributed by atoms with Crippen LogP contribution in [0.5, 0.6) is 11.5 Å². The summed E-state index contributed by atoms with van der Waals surface area (Å²) >= 11 is 1.78. The van der Waals surface area contributed by atoms with Crippen molar-refractivity contribution in [3.05, 3.63) is 164 Å². The third-order valence-corrected chi connectivity index (χ3v) is 11.1. The van der Waals surface area contributed by atoms with E-state index in [9.17, 15) is 0 Å². The van der Waals surface area contributed by atoms with Crippen molar-refractivity contribution in [2.24, 2.45) is 0 Å². The van der Waals surface area contributed by atoms with Crippen LogP contribution in [0, 0.1) is 0 Å². The molecule has 0 N–H and O–H groups in total. The highest BCUT2D eigenvalue weighted by Gasteiger charge is 2.32. The molecule has 238 valence electrons. The van der Waals surface area contributed by atoms with Gasteiger partial charge in [-0.1, -0.05) is 121 Å². The third-order valence-electron chi connectivity index (χ3n) is 10.00. The smallest absolute Gasteiger partial charge is 0.165 e. The lowest BCUT2D eigenvalue weighted by Crippen LogP contribution is -2.13. The molecule has 2 aliphatic heterocycles. The molecule has 4 nitrogen and oxygen atoms in total. The van der Waals surface area contributed by atoms with Crippen molar-refractivity contribution in [1.29, 1.82) is 0 Å². The molecule has 0 spiro atoms. The average Bonchev–Trinajstić information content (AvgIpc) is 3.24. The van der Waals surface area contributed by atoms with Crippen molar-refractivity contribution in [3.63, 3.8) is 0 Å². The zero-order valence-corrected chi connectivity index (χ0v) is 28.1. The lowest BCUT2D eigenvalue weighted by Gasteiger charge is -2.30. The van der Waals surface area contributed by atoms with Gasteiger partial charge >= 0.3 is 0 Å². The first kappa shape index (κ1) is 28.4. The fraction of sp³-hybridized carbons (Fsp3) is 0. The molecule has 51 heavy (non-hydrogen) atoms. The van der Waals surface area contributed by atoms with E-state index in [-0.39, 0.29) is 0 Å². The molecular formula is C46H27N3OS. The highest BCUT2D eigenvalue weighted by molar-refractivity contribution is 7.99. The number of para-hydroxylation sites is 4. The minimum absolute atomic E-state index is 0.840. The van der Waals surface area contributed by atoms with Crippen LogP contribution in [-0.4, -0.2) is 9.97 Å². The second-order valence-electron chi connectivity index (χ2n) is 12.9. The average molecular weight is 670 g/mol. The topological polar surface area (TPSA) is 38.2 Å². The predicted molar refractivity (Wildman–Crippen MR) is 210 cm³/mol. The summed E-state index contributed by atoms with van der Waals surface area (Å²) in [7, 11) is 0. The molecule has 2 bridgehead atoms. The molecule has 0 radical (unpaired) electrons. The Kier molecular flexibility index (Phi) is 6.15. The van der Waals surface area contributed by atoms with Crippen LogP contribution in [0.15, 0.2) is 174 Å². The molecule has 11 rings (SSSR count). The number of benzene rings is 8. The molecule has 0 atom stereocenters. The maximum absolute atomic E-state index is 7.12. The molecule has 0 amide bonds. The number of ether oxygens (including phenoxy) is 1. The maximum atomic E-state index is 7.12. The van der Waals surface area contributed by atoms with Gasteiger partial charge in [-0.2, -0.15) is 0 Å². The molecule has 1 aromatic heterocycles. The van der Waals surface area contributed by atoms with Crippen molar-refractivity contribution < 1.29 is 4.74 Å². The third kappa shape index (κ3) is 4.35. The summed E-state index contributed by atoms with van der Waals surface area (Å²) in [4.78, 5) is 15.1. The van der Waals surface area contributed by atoms with Crippen LogP contribution in [-0.2, 0) is 0 Å². The van der Waals surface area contributed by atoms with Gasteiger partial charge < -0.3 is 9.64 Å². The van der Waals surface area contributed by atoms with E-state index in [1.54, 1.807) is 11.8 Å². The Hall–Kier alpha value is -6.43. The molecule has 2 aliphatic rings. The van der Waals surface area contributed by atoms with Gasteiger partial charge in [-0.15, -0.1) is 0 Å². The van der Waals surface area contributed by atoms with E-state index in [4.69, 9.17) is 14.7 Å². The largest absolute Gasteiger partial charge is 0.452 e. The first-order valence-electron chi connectivity index (χ1n) is 17.1.